The standard InChI is InChI=1S/C17H23N3O6/c1-5-18-14(21)10(3)25-16(23)12-8-7-9-13(20-12)17(24)26-11(4)15(22)19-6-2/h7-11H,5-6H2,1-4H3,(H,18,21)(H,19,22)/t10-,11-/m0/s1. The second-order valence-electron chi connectivity index (χ2n) is 5.29. The number of pyridine rings is 1. The first-order valence-electron chi connectivity index (χ1n) is 8.24. The van der Waals surface area contributed by atoms with Crippen LogP contribution in [-0.4, -0.2) is 54.0 Å². The molecule has 2 atom stereocenters. The number of carbonyl (C=O) groups is 4. The van der Waals surface area contributed by atoms with E-state index in [1.165, 1.54) is 32.0 Å². The molecule has 0 spiro atoms. The van der Waals surface area contributed by atoms with Gasteiger partial charge in [-0.15, -0.1) is 0 Å². The molecule has 1 rings (SSSR count). The van der Waals surface area contributed by atoms with Crippen LogP contribution in [0.2, 0.25) is 0 Å². The molecule has 0 aliphatic heterocycles. The second-order valence-corrected chi connectivity index (χ2v) is 5.29. The summed E-state index contributed by atoms with van der Waals surface area (Å²) in [6, 6.07) is 4.11. The van der Waals surface area contributed by atoms with Gasteiger partial charge in [0.25, 0.3) is 11.8 Å². The maximum Gasteiger partial charge on any atom is 0.357 e. The zero-order chi connectivity index (χ0) is 19.7. The Morgan fingerprint density at radius 3 is 1.62 bits per heavy atom. The molecular formula is C17H23N3O6. The lowest BCUT2D eigenvalue weighted by Crippen LogP contribution is -2.36. The molecule has 0 aliphatic rings. The number of nitrogens with one attached hydrogen (secondary N) is 2. The highest BCUT2D eigenvalue weighted by molar-refractivity contribution is 5.94. The molecule has 1 heterocycles. The third kappa shape index (κ3) is 6.15. The maximum atomic E-state index is 12.1. The third-order valence-electron chi connectivity index (χ3n) is 3.18. The lowest BCUT2D eigenvalue weighted by Gasteiger charge is -2.13. The van der Waals surface area contributed by atoms with Gasteiger partial charge in [-0.3, -0.25) is 9.59 Å². The van der Waals surface area contributed by atoms with Crippen molar-refractivity contribution >= 4 is 23.8 Å². The smallest absolute Gasteiger partial charge is 0.357 e. The topological polar surface area (TPSA) is 124 Å². The van der Waals surface area contributed by atoms with Gasteiger partial charge < -0.3 is 20.1 Å². The molecule has 0 unspecified atom stereocenters. The summed E-state index contributed by atoms with van der Waals surface area (Å²) in [4.78, 5) is 51.2. The van der Waals surface area contributed by atoms with Crippen molar-refractivity contribution < 1.29 is 28.7 Å². The first-order chi connectivity index (χ1) is 12.3. The number of nitrogens with zero attached hydrogens (tertiary/aromatic N) is 1. The molecule has 9 heteroatoms. The lowest BCUT2D eigenvalue weighted by atomic mass is 10.3. The highest BCUT2D eigenvalue weighted by atomic mass is 16.6. The van der Waals surface area contributed by atoms with Crippen LogP contribution >= 0.6 is 0 Å². The minimum absolute atomic E-state index is 0.152. The predicted molar refractivity (Wildman–Crippen MR) is 91.4 cm³/mol. The van der Waals surface area contributed by atoms with Crippen molar-refractivity contribution in [3.05, 3.63) is 29.6 Å². The van der Waals surface area contributed by atoms with Crippen LogP contribution in [0.4, 0.5) is 0 Å². The molecule has 1 aromatic rings. The van der Waals surface area contributed by atoms with Crippen LogP contribution < -0.4 is 10.6 Å². The SMILES string of the molecule is CCNC(=O)[C@H](C)OC(=O)c1cccc(C(=O)O[C@@H](C)C(=O)NCC)n1. The van der Waals surface area contributed by atoms with Crippen molar-refractivity contribution in [1.29, 1.82) is 0 Å². The van der Waals surface area contributed by atoms with Crippen LogP contribution in [0, 0.1) is 0 Å². The molecule has 0 aromatic carbocycles. The summed E-state index contributed by atoms with van der Waals surface area (Å²) in [5.41, 5.74) is -0.303. The van der Waals surface area contributed by atoms with E-state index in [1.807, 2.05) is 0 Å². The van der Waals surface area contributed by atoms with E-state index in [9.17, 15) is 19.2 Å². The number of likely N-dealkylation sites (N-methyl/N-ethyl adjacent to an activating group) is 2. The van der Waals surface area contributed by atoms with Gasteiger partial charge in [-0.05, 0) is 39.8 Å². The summed E-state index contributed by atoms with van der Waals surface area (Å²) < 4.78 is 10.0. The van der Waals surface area contributed by atoms with Crippen LogP contribution in [-0.2, 0) is 19.1 Å². The van der Waals surface area contributed by atoms with E-state index in [2.05, 4.69) is 15.6 Å². The Morgan fingerprint density at radius 2 is 1.27 bits per heavy atom. The van der Waals surface area contributed by atoms with Crippen LogP contribution in [0.1, 0.15) is 48.7 Å². The van der Waals surface area contributed by atoms with Gasteiger partial charge in [-0.2, -0.15) is 0 Å². The van der Waals surface area contributed by atoms with E-state index in [4.69, 9.17) is 9.47 Å². The van der Waals surface area contributed by atoms with Crippen LogP contribution in [0.5, 0.6) is 0 Å². The summed E-state index contributed by atoms with van der Waals surface area (Å²) in [5.74, 6) is -2.58. The molecular weight excluding hydrogens is 342 g/mol. The Kier molecular flexibility index (Phi) is 8.20. The van der Waals surface area contributed by atoms with Crippen LogP contribution in [0.3, 0.4) is 0 Å². The number of esters is 2. The Morgan fingerprint density at radius 1 is 0.885 bits per heavy atom. The quantitative estimate of drug-likeness (QED) is 0.641. The minimum atomic E-state index is -1.00. The summed E-state index contributed by atoms with van der Waals surface area (Å²) in [6.07, 6.45) is -2.00. The molecule has 1 aromatic heterocycles. The van der Waals surface area contributed by atoms with E-state index in [1.54, 1.807) is 13.8 Å². The first-order valence-corrected chi connectivity index (χ1v) is 8.24. The largest absolute Gasteiger partial charge is 0.448 e. The average Bonchev–Trinajstić information content (AvgIpc) is 2.61. The molecule has 0 saturated carbocycles. The van der Waals surface area contributed by atoms with Crippen molar-refractivity contribution in [3.8, 4) is 0 Å². The molecule has 0 bridgehead atoms. The molecule has 26 heavy (non-hydrogen) atoms. The van der Waals surface area contributed by atoms with E-state index in [0.717, 1.165) is 0 Å². The molecule has 0 aliphatic carbocycles. The highest BCUT2D eigenvalue weighted by Gasteiger charge is 2.22. The molecule has 0 radical (unpaired) electrons. The Hall–Kier alpha value is -2.97. The molecule has 2 N–H and O–H groups in total. The van der Waals surface area contributed by atoms with Crippen molar-refractivity contribution in [1.82, 2.24) is 15.6 Å². The fraction of sp³-hybridized carbons (Fsp3) is 0.471. The Labute approximate surface area is 151 Å². The lowest BCUT2D eigenvalue weighted by molar-refractivity contribution is -0.129. The zero-order valence-corrected chi connectivity index (χ0v) is 15.2. The second kappa shape index (κ2) is 10.1. The molecule has 142 valence electrons. The zero-order valence-electron chi connectivity index (χ0n) is 15.2. The van der Waals surface area contributed by atoms with Gasteiger partial charge in [-0.25, -0.2) is 14.6 Å². The molecule has 2 amide bonds. The number of aromatic nitrogens is 1. The number of hydrogen-bond acceptors (Lipinski definition) is 7. The van der Waals surface area contributed by atoms with Gasteiger partial charge in [0.1, 0.15) is 11.4 Å². The summed E-state index contributed by atoms with van der Waals surface area (Å²) in [6.45, 7) is 7.15. The van der Waals surface area contributed by atoms with E-state index in [-0.39, 0.29) is 11.4 Å². The fourth-order valence-corrected chi connectivity index (χ4v) is 1.85. The van der Waals surface area contributed by atoms with Gasteiger partial charge in [0, 0.05) is 13.1 Å². The van der Waals surface area contributed by atoms with Crippen LogP contribution in [0.15, 0.2) is 18.2 Å². The number of hydrogen-bond donors (Lipinski definition) is 2. The average molecular weight is 365 g/mol. The van der Waals surface area contributed by atoms with E-state index in [0.29, 0.717) is 13.1 Å². The summed E-state index contributed by atoms with van der Waals surface area (Å²) in [7, 11) is 0. The summed E-state index contributed by atoms with van der Waals surface area (Å²) in [5, 5.41) is 5.05. The third-order valence-corrected chi connectivity index (χ3v) is 3.18. The van der Waals surface area contributed by atoms with Crippen LogP contribution in [0.25, 0.3) is 0 Å². The van der Waals surface area contributed by atoms with Gasteiger partial charge in [-0.1, -0.05) is 6.07 Å². The van der Waals surface area contributed by atoms with Gasteiger partial charge in [0.15, 0.2) is 12.2 Å². The molecule has 0 fully saturated rings. The summed E-state index contributed by atoms with van der Waals surface area (Å²) >= 11 is 0. The van der Waals surface area contributed by atoms with E-state index < -0.39 is 36.0 Å². The van der Waals surface area contributed by atoms with Crippen molar-refractivity contribution in [2.75, 3.05) is 13.1 Å². The maximum absolute atomic E-state index is 12.1. The van der Waals surface area contributed by atoms with Crippen molar-refractivity contribution in [2.45, 2.75) is 39.9 Å². The van der Waals surface area contributed by atoms with Gasteiger partial charge in [0.2, 0.25) is 0 Å². The van der Waals surface area contributed by atoms with Crippen molar-refractivity contribution in [2.24, 2.45) is 0 Å². The normalized spacial score (nSPS) is 12.5. The van der Waals surface area contributed by atoms with Gasteiger partial charge >= 0.3 is 11.9 Å². The molecule has 9 nitrogen and oxygen atoms in total. The molecule has 0 saturated heterocycles. The Balaban J connectivity index is 2.77. The number of ether oxygens (including phenoxy) is 2. The number of carbonyl (C=O) groups excluding carboxylic acids is 4. The number of amides is 2. The van der Waals surface area contributed by atoms with Crippen molar-refractivity contribution in [3.63, 3.8) is 0 Å². The fourth-order valence-electron chi connectivity index (χ4n) is 1.85. The van der Waals surface area contributed by atoms with E-state index >= 15 is 0 Å². The minimum Gasteiger partial charge on any atom is -0.448 e. The first kappa shape index (κ1) is 21.1. The number of rotatable bonds is 8. The Bertz CT molecular complexity index is 623. The monoisotopic (exact) mass is 365 g/mol. The van der Waals surface area contributed by atoms with Gasteiger partial charge in [0.05, 0.1) is 0 Å². The highest BCUT2D eigenvalue weighted by Crippen LogP contribution is 2.07. The predicted octanol–water partition coefficient (Wildman–Crippen LogP) is 0.444.